The van der Waals surface area contributed by atoms with Crippen LogP contribution in [0.25, 0.3) is 0 Å². The first kappa shape index (κ1) is 20.6. The van der Waals surface area contributed by atoms with Crippen molar-refractivity contribution in [2.24, 2.45) is 0 Å². The second-order valence-electron chi connectivity index (χ2n) is 6.29. The molecule has 6 nitrogen and oxygen atoms in total. The first-order valence-electron chi connectivity index (χ1n) is 9.50. The Bertz CT molecular complexity index is 1070. The summed E-state index contributed by atoms with van der Waals surface area (Å²) in [6.45, 7) is 2.14. The molecule has 2 N–H and O–H groups in total. The molecule has 0 saturated carbocycles. The van der Waals surface area contributed by atoms with E-state index >= 15 is 0 Å². The van der Waals surface area contributed by atoms with Gasteiger partial charge in [-0.05, 0) is 42.3 Å². The SMILES string of the molecule is CCc1cccc(Oc2ccc(NC(=O)C(=O)NCC#Cc3ccccc3)cn2)c1. The van der Waals surface area contributed by atoms with E-state index in [-0.39, 0.29) is 6.54 Å². The Morgan fingerprint density at radius 3 is 2.57 bits per heavy atom. The van der Waals surface area contributed by atoms with Crippen molar-refractivity contribution in [1.82, 2.24) is 10.3 Å². The van der Waals surface area contributed by atoms with E-state index in [1.54, 1.807) is 12.1 Å². The molecule has 1 aromatic heterocycles. The molecular weight excluding hydrogens is 378 g/mol. The quantitative estimate of drug-likeness (QED) is 0.508. The molecule has 0 fully saturated rings. The van der Waals surface area contributed by atoms with Gasteiger partial charge in [-0.2, -0.15) is 0 Å². The first-order valence-corrected chi connectivity index (χ1v) is 9.50. The van der Waals surface area contributed by atoms with Gasteiger partial charge in [0.15, 0.2) is 0 Å². The number of nitrogens with zero attached hydrogens (tertiary/aromatic N) is 1. The van der Waals surface area contributed by atoms with Gasteiger partial charge < -0.3 is 15.4 Å². The van der Waals surface area contributed by atoms with Crippen LogP contribution in [0.4, 0.5) is 5.69 Å². The number of ether oxygens (including phenoxy) is 1. The number of carbonyl (C=O) groups is 2. The highest BCUT2D eigenvalue weighted by Gasteiger charge is 2.13. The maximum Gasteiger partial charge on any atom is 0.313 e. The Morgan fingerprint density at radius 2 is 1.83 bits per heavy atom. The van der Waals surface area contributed by atoms with Crippen molar-refractivity contribution in [3.8, 4) is 23.5 Å². The molecule has 0 atom stereocenters. The molecule has 0 aliphatic carbocycles. The summed E-state index contributed by atoms with van der Waals surface area (Å²) in [5, 5.41) is 4.95. The minimum atomic E-state index is -0.789. The Balaban J connectivity index is 1.49. The molecule has 2 aromatic carbocycles. The number of pyridine rings is 1. The maximum absolute atomic E-state index is 12.0. The van der Waals surface area contributed by atoms with E-state index < -0.39 is 11.8 Å². The molecule has 2 amide bonds. The molecular formula is C24H21N3O3. The fourth-order valence-corrected chi connectivity index (χ4v) is 2.52. The minimum Gasteiger partial charge on any atom is -0.439 e. The second kappa shape index (κ2) is 10.4. The Labute approximate surface area is 175 Å². The molecule has 0 aliphatic rings. The van der Waals surface area contributed by atoms with Crippen molar-refractivity contribution in [3.63, 3.8) is 0 Å². The van der Waals surface area contributed by atoms with Crippen LogP contribution in [0.3, 0.4) is 0 Å². The van der Waals surface area contributed by atoms with Gasteiger partial charge >= 0.3 is 11.8 Å². The van der Waals surface area contributed by atoms with Gasteiger partial charge in [0.25, 0.3) is 0 Å². The number of aryl methyl sites for hydroxylation is 1. The summed E-state index contributed by atoms with van der Waals surface area (Å²) in [5.74, 6) is 5.22. The summed E-state index contributed by atoms with van der Waals surface area (Å²) in [7, 11) is 0. The van der Waals surface area contributed by atoms with E-state index in [9.17, 15) is 9.59 Å². The molecule has 0 saturated heterocycles. The largest absolute Gasteiger partial charge is 0.439 e. The van der Waals surface area contributed by atoms with Crippen LogP contribution >= 0.6 is 0 Å². The second-order valence-corrected chi connectivity index (χ2v) is 6.29. The Morgan fingerprint density at radius 1 is 1.00 bits per heavy atom. The molecule has 0 unspecified atom stereocenters. The van der Waals surface area contributed by atoms with Crippen molar-refractivity contribution < 1.29 is 14.3 Å². The normalized spacial score (nSPS) is 9.77. The van der Waals surface area contributed by atoms with E-state index in [1.165, 1.54) is 6.20 Å². The third-order valence-corrected chi connectivity index (χ3v) is 4.07. The number of anilines is 1. The zero-order valence-corrected chi connectivity index (χ0v) is 16.5. The lowest BCUT2D eigenvalue weighted by Crippen LogP contribution is -2.35. The highest BCUT2D eigenvalue weighted by molar-refractivity contribution is 6.39. The summed E-state index contributed by atoms with van der Waals surface area (Å²) < 4.78 is 5.71. The number of aromatic nitrogens is 1. The third kappa shape index (κ3) is 6.21. The topological polar surface area (TPSA) is 80.3 Å². The van der Waals surface area contributed by atoms with Crippen molar-refractivity contribution in [2.75, 3.05) is 11.9 Å². The number of rotatable bonds is 5. The van der Waals surface area contributed by atoms with Crippen LogP contribution in [0.1, 0.15) is 18.1 Å². The lowest BCUT2D eigenvalue weighted by molar-refractivity contribution is -0.136. The molecule has 30 heavy (non-hydrogen) atoms. The zero-order chi connectivity index (χ0) is 21.2. The molecule has 3 aromatic rings. The number of amides is 2. The maximum atomic E-state index is 12.0. The monoisotopic (exact) mass is 399 g/mol. The van der Waals surface area contributed by atoms with Gasteiger partial charge in [-0.1, -0.05) is 49.1 Å². The number of hydrogen-bond donors (Lipinski definition) is 2. The Hall–Kier alpha value is -4.11. The van der Waals surface area contributed by atoms with Crippen LogP contribution in [-0.4, -0.2) is 23.3 Å². The van der Waals surface area contributed by atoms with Crippen molar-refractivity contribution in [2.45, 2.75) is 13.3 Å². The van der Waals surface area contributed by atoms with E-state index in [4.69, 9.17) is 4.74 Å². The third-order valence-electron chi connectivity index (χ3n) is 4.07. The van der Waals surface area contributed by atoms with Crippen molar-refractivity contribution >= 4 is 17.5 Å². The van der Waals surface area contributed by atoms with Crippen molar-refractivity contribution in [1.29, 1.82) is 0 Å². The van der Waals surface area contributed by atoms with E-state index in [0.29, 0.717) is 17.3 Å². The van der Waals surface area contributed by atoms with Crippen molar-refractivity contribution in [3.05, 3.63) is 84.1 Å². The summed E-state index contributed by atoms with van der Waals surface area (Å²) in [6, 6.07) is 20.4. The van der Waals surface area contributed by atoms with Gasteiger partial charge in [0.2, 0.25) is 5.88 Å². The number of hydrogen-bond acceptors (Lipinski definition) is 4. The molecule has 1 heterocycles. The fraction of sp³-hybridized carbons (Fsp3) is 0.125. The van der Waals surface area contributed by atoms with Crippen LogP contribution in [-0.2, 0) is 16.0 Å². The molecule has 0 spiro atoms. The van der Waals surface area contributed by atoms with Crippen LogP contribution in [0.2, 0.25) is 0 Å². The first-order chi connectivity index (χ1) is 14.6. The highest BCUT2D eigenvalue weighted by atomic mass is 16.5. The molecule has 150 valence electrons. The molecule has 0 bridgehead atoms. The minimum absolute atomic E-state index is 0.0724. The highest BCUT2D eigenvalue weighted by Crippen LogP contribution is 2.21. The van der Waals surface area contributed by atoms with Gasteiger partial charge in [-0.15, -0.1) is 0 Å². The smallest absolute Gasteiger partial charge is 0.313 e. The van der Waals surface area contributed by atoms with Gasteiger partial charge in [0.05, 0.1) is 18.4 Å². The summed E-state index contributed by atoms with van der Waals surface area (Å²) in [4.78, 5) is 28.0. The van der Waals surface area contributed by atoms with Crippen LogP contribution in [0, 0.1) is 11.8 Å². The number of benzene rings is 2. The number of carbonyl (C=O) groups excluding carboxylic acids is 2. The summed E-state index contributed by atoms with van der Waals surface area (Å²) in [6.07, 6.45) is 2.34. The van der Waals surface area contributed by atoms with Crippen LogP contribution in [0.15, 0.2) is 72.9 Å². The fourth-order valence-electron chi connectivity index (χ4n) is 2.52. The van der Waals surface area contributed by atoms with Crippen LogP contribution < -0.4 is 15.4 Å². The predicted molar refractivity (Wildman–Crippen MR) is 115 cm³/mol. The van der Waals surface area contributed by atoms with E-state index in [2.05, 4.69) is 34.4 Å². The van der Waals surface area contributed by atoms with Gasteiger partial charge in [-0.25, -0.2) is 4.98 Å². The number of nitrogens with one attached hydrogen (secondary N) is 2. The average Bonchev–Trinajstić information content (AvgIpc) is 2.78. The molecule has 0 aliphatic heterocycles. The summed E-state index contributed by atoms with van der Waals surface area (Å²) >= 11 is 0. The zero-order valence-electron chi connectivity index (χ0n) is 16.5. The summed E-state index contributed by atoms with van der Waals surface area (Å²) in [5.41, 5.74) is 2.39. The standard InChI is InChI=1S/C24H21N3O3/c1-2-18-10-6-12-21(16-18)30-22-14-13-20(17-26-22)27-24(29)23(28)25-15-7-11-19-8-4-3-5-9-19/h3-6,8-10,12-14,16-17H,2,15H2,1H3,(H,25,28)(H,27,29). The molecule has 0 radical (unpaired) electrons. The van der Waals surface area contributed by atoms with Gasteiger partial charge in [0, 0.05) is 11.6 Å². The molecule has 6 heteroatoms. The van der Waals surface area contributed by atoms with Gasteiger partial charge in [0.1, 0.15) is 5.75 Å². The van der Waals surface area contributed by atoms with E-state index in [1.807, 2.05) is 54.6 Å². The molecule has 3 rings (SSSR count). The average molecular weight is 399 g/mol. The predicted octanol–water partition coefficient (Wildman–Crippen LogP) is 3.54. The van der Waals surface area contributed by atoms with E-state index in [0.717, 1.165) is 17.5 Å². The lowest BCUT2D eigenvalue weighted by Gasteiger charge is -2.08. The van der Waals surface area contributed by atoms with Crippen LogP contribution in [0.5, 0.6) is 11.6 Å². The lowest BCUT2D eigenvalue weighted by atomic mass is 10.2. The Kier molecular flexibility index (Phi) is 7.17. The van der Waals surface area contributed by atoms with Gasteiger partial charge in [-0.3, -0.25) is 9.59 Å².